The van der Waals surface area contributed by atoms with E-state index in [2.05, 4.69) is 25.1 Å². The van der Waals surface area contributed by atoms with Gasteiger partial charge in [0.15, 0.2) is 0 Å². The van der Waals surface area contributed by atoms with Gasteiger partial charge in [-0.1, -0.05) is 0 Å². The van der Waals surface area contributed by atoms with Gasteiger partial charge in [-0.2, -0.15) is 0 Å². The van der Waals surface area contributed by atoms with Crippen molar-refractivity contribution in [3.8, 4) is 0 Å². The molecule has 1 rings (SSSR count). The summed E-state index contributed by atoms with van der Waals surface area (Å²) in [6.45, 7) is 2.10. The van der Waals surface area contributed by atoms with Crippen LogP contribution in [0.15, 0.2) is 40.3 Å². The number of allylic oxidation sites excluding steroid dienone is 1. The predicted octanol–water partition coefficient (Wildman–Crippen LogP) is 2.51. The van der Waals surface area contributed by atoms with E-state index >= 15 is 0 Å². The fraction of sp³-hybridized carbons (Fsp3) is 0.200. The minimum atomic E-state index is 0.304. The van der Waals surface area contributed by atoms with Crippen LogP contribution in [0.4, 0.5) is 0 Å². The zero-order valence-corrected chi connectivity index (χ0v) is 9.43. The van der Waals surface area contributed by atoms with Crippen molar-refractivity contribution >= 4 is 31.0 Å². The number of hydrogen-bond donors (Lipinski definition) is 0. The molecule has 0 nitrogen and oxygen atoms in total. The summed E-state index contributed by atoms with van der Waals surface area (Å²) in [7, 11) is 0. The zero-order chi connectivity index (χ0) is 8.81. The van der Waals surface area contributed by atoms with Crippen LogP contribution in [0.25, 0.3) is 0 Å². The Hall–Kier alpha value is -0.231. The van der Waals surface area contributed by atoms with E-state index in [0.717, 1.165) is 10.4 Å². The number of benzene rings is 1. The maximum absolute atomic E-state index is 6.00. The van der Waals surface area contributed by atoms with Gasteiger partial charge in [-0.15, -0.1) is 0 Å². The first-order valence-electron chi connectivity index (χ1n) is 3.91. The Bertz CT molecular complexity index is 254. The van der Waals surface area contributed by atoms with E-state index < -0.39 is 0 Å². The van der Waals surface area contributed by atoms with Crippen molar-refractivity contribution < 1.29 is 0 Å². The normalized spacial score (nSPS) is 11.7. The molecule has 2 heteroatoms. The molecule has 0 saturated heterocycles. The molecule has 0 aliphatic carbocycles. The Morgan fingerprint density at radius 2 is 2.08 bits per heavy atom. The summed E-state index contributed by atoms with van der Waals surface area (Å²) in [5.41, 5.74) is 0. The van der Waals surface area contributed by atoms with Crippen LogP contribution >= 0.6 is 11.6 Å². The molecule has 0 N–H and O–H groups in total. The van der Waals surface area contributed by atoms with Crippen molar-refractivity contribution in [1.29, 1.82) is 0 Å². The number of rotatable bonds is 3. The standard InChI is InChI=1S/C10H11ClSe/c1-2-6-10(11)12-9-7-4-3-5-8-9/h3-8H,2H2,1H3/b10-6+. The van der Waals surface area contributed by atoms with Crippen molar-refractivity contribution in [1.82, 2.24) is 0 Å². The fourth-order valence-corrected chi connectivity index (χ4v) is 3.03. The van der Waals surface area contributed by atoms with E-state index in [1.54, 1.807) is 0 Å². The van der Waals surface area contributed by atoms with Gasteiger partial charge in [0.2, 0.25) is 0 Å². The average Bonchev–Trinajstić information content (AvgIpc) is 2.06. The van der Waals surface area contributed by atoms with E-state index in [9.17, 15) is 0 Å². The summed E-state index contributed by atoms with van der Waals surface area (Å²) in [5, 5.41) is 0. The molecule has 0 heterocycles. The molecule has 0 aliphatic rings. The Kier molecular flexibility index (Phi) is 4.45. The van der Waals surface area contributed by atoms with Crippen molar-refractivity contribution in [3.05, 3.63) is 40.3 Å². The molecule has 0 spiro atoms. The van der Waals surface area contributed by atoms with Crippen molar-refractivity contribution in [2.24, 2.45) is 0 Å². The topological polar surface area (TPSA) is 0 Å². The summed E-state index contributed by atoms with van der Waals surface area (Å²) in [6, 6.07) is 10.4. The number of hydrogen-bond acceptors (Lipinski definition) is 0. The van der Waals surface area contributed by atoms with Crippen LogP contribution < -0.4 is 4.46 Å². The number of halogens is 1. The molecule has 0 aromatic heterocycles. The Balaban J connectivity index is 2.58. The maximum atomic E-state index is 6.00. The molecule has 0 saturated carbocycles. The monoisotopic (exact) mass is 246 g/mol. The third-order valence-electron chi connectivity index (χ3n) is 1.32. The van der Waals surface area contributed by atoms with Gasteiger partial charge in [0.05, 0.1) is 0 Å². The summed E-state index contributed by atoms with van der Waals surface area (Å²) in [4.78, 5) is 0. The second-order valence-electron chi connectivity index (χ2n) is 2.33. The van der Waals surface area contributed by atoms with Crippen LogP contribution in [0, 0.1) is 0 Å². The SMILES string of the molecule is CC/C=C(\Cl)[Se]c1ccccc1. The molecule has 0 unspecified atom stereocenters. The van der Waals surface area contributed by atoms with Crippen LogP contribution in [0.5, 0.6) is 0 Å². The molecule has 12 heavy (non-hydrogen) atoms. The third-order valence-corrected chi connectivity index (χ3v) is 3.70. The van der Waals surface area contributed by atoms with Gasteiger partial charge in [-0.05, 0) is 0 Å². The first kappa shape index (κ1) is 9.85. The first-order chi connectivity index (χ1) is 5.83. The van der Waals surface area contributed by atoms with Crippen LogP contribution in [-0.2, 0) is 0 Å². The molecule has 0 aliphatic heterocycles. The predicted molar refractivity (Wildman–Crippen MR) is 56.1 cm³/mol. The van der Waals surface area contributed by atoms with Gasteiger partial charge < -0.3 is 0 Å². The van der Waals surface area contributed by atoms with Crippen LogP contribution in [-0.4, -0.2) is 15.0 Å². The zero-order valence-electron chi connectivity index (χ0n) is 6.96. The van der Waals surface area contributed by atoms with Crippen LogP contribution in [0.1, 0.15) is 13.3 Å². The van der Waals surface area contributed by atoms with Crippen LogP contribution in [0.3, 0.4) is 0 Å². The molecule has 1 aromatic carbocycles. The molecule has 0 amide bonds. The molecule has 0 radical (unpaired) electrons. The molecule has 0 fully saturated rings. The van der Waals surface area contributed by atoms with E-state index in [0.29, 0.717) is 15.0 Å². The quantitative estimate of drug-likeness (QED) is 0.718. The van der Waals surface area contributed by atoms with Crippen molar-refractivity contribution in [2.45, 2.75) is 13.3 Å². The van der Waals surface area contributed by atoms with E-state index in [1.807, 2.05) is 18.2 Å². The van der Waals surface area contributed by atoms with Gasteiger partial charge in [0.25, 0.3) is 0 Å². The average molecular weight is 246 g/mol. The molecule has 64 valence electrons. The van der Waals surface area contributed by atoms with Gasteiger partial charge in [-0.3, -0.25) is 0 Å². The summed E-state index contributed by atoms with van der Waals surface area (Å²) in [6.07, 6.45) is 3.10. The molecule has 1 aromatic rings. The van der Waals surface area contributed by atoms with Crippen molar-refractivity contribution in [2.75, 3.05) is 0 Å². The molecule has 0 bridgehead atoms. The summed E-state index contributed by atoms with van der Waals surface area (Å²) < 4.78 is 2.33. The summed E-state index contributed by atoms with van der Waals surface area (Å²) in [5.74, 6) is 0. The summed E-state index contributed by atoms with van der Waals surface area (Å²) >= 11 is 6.31. The van der Waals surface area contributed by atoms with Gasteiger partial charge in [0.1, 0.15) is 0 Å². The third kappa shape index (κ3) is 3.44. The van der Waals surface area contributed by atoms with E-state index in [4.69, 9.17) is 11.6 Å². The van der Waals surface area contributed by atoms with E-state index in [1.165, 1.54) is 4.46 Å². The Morgan fingerprint density at radius 3 is 2.67 bits per heavy atom. The minimum absolute atomic E-state index is 0.304. The van der Waals surface area contributed by atoms with Gasteiger partial charge in [0, 0.05) is 0 Å². The van der Waals surface area contributed by atoms with Gasteiger partial charge >= 0.3 is 84.7 Å². The first-order valence-corrected chi connectivity index (χ1v) is 6.00. The molecular weight excluding hydrogens is 235 g/mol. The van der Waals surface area contributed by atoms with Crippen LogP contribution in [0.2, 0.25) is 0 Å². The van der Waals surface area contributed by atoms with Crippen molar-refractivity contribution in [3.63, 3.8) is 0 Å². The van der Waals surface area contributed by atoms with E-state index in [-0.39, 0.29) is 0 Å². The fourth-order valence-electron chi connectivity index (χ4n) is 0.803. The molecule has 0 atom stereocenters. The second-order valence-corrected chi connectivity index (χ2v) is 5.59. The van der Waals surface area contributed by atoms with Gasteiger partial charge in [-0.25, -0.2) is 0 Å². The molecular formula is C10H11ClSe. The Morgan fingerprint density at radius 1 is 1.42 bits per heavy atom. The second kappa shape index (κ2) is 5.42. The Labute approximate surface area is 84.8 Å².